The number of nitrogens with zero attached hydrogens (tertiary/aromatic N) is 1. The first kappa shape index (κ1) is 18.9. The topological polar surface area (TPSA) is 49.4 Å². The van der Waals surface area contributed by atoms with Crippen LogP contribution in [0.1, 0.15) is 30.5 Å². The Balaban J connectivity index is 1.70. The zero-order chi connectivity index (χ0) is 18.8. The minimum absolute atomic E-state index is 0.00654. The molecule has 3 rings (SSSR count). The largest absolute Gasteiger partial charge is 0.335 e. The van der Waals surface area contributed by atoms with Crippen LogP contribution in [0.25, 0.3) is 0 Å². The molecule has 2 aromatic rings. The van der Waals surface area contributed by atoms with Crippen LogP contribution >= 0.6 is 27.5 Å². The van der Waals surface area contributed by atoms with E-state index in [2.05, 4.69) is 21.2 Å². The van der Waals surface area contributed by atoms with Crippen LogP contribution in [-0.4, -0.2) is 23.3 Å². The summed E-state index contributed by atoms with van der Waals surface area (Å²) < 4.78 is 0.786. The lowest BCUT2D eigenvalue weighted by Gasteiger charge is -2.25. The van der Waals surface area contributed by atoms with Gasteiger partial charge in [0.05, 0.1) is 17.0 Å². The summed E-state index contributed by atoms with van der Waals surface area (Å²) in [4.78, 5) is 26.9. The van der Waals surface area contributed by atoms with Crippen molar-refractivity contribution in [3.8, 4) is 0 Å². The molecule has 0 unspecified atom stereocenters. The number of carbonyl (C=O) groups excluding carboxylic acids is 2. The molecule has 2 aromatic carbocycles. The molecule has 0 saturated carbocycles. The maximum atomic E-state index is 12.7. The summed E-state index contributed by atoms with van der Waals surface area (Å²) in [6.07, 6.45) is 0.228. The molecule has 1 saturated heterocycles. The summed E-state index contributed by atoms with van der Waals surface area (Å²) in [6, 6.07) is 13.4. The van der Waals surface area contributed by atoms with Crippen molar-refractivity contribution in [1.82, 2.24) is 4.90 Å². The van der Waals surface area contributed by atoms with E-state index in [1.54, 1.807) is 11.0 Å². The Hall–Kier alpha value is -1.85. The number of likely N-dealkylation sites (tertiary alicyclic amines) is 1. The molecule has 0 aliphatic carbocycles. The van der Waals surface area contributed by atoms with Gasteiger partial charge in [-0.3, -0.25) is 9.59 Å². The van der Waals surface area contributed by atoms with Crippen LogP contribution in [0.5, 0.6) is 0 Å². The Morgan fingerprint density at radius 2 is 1.96 bits per heavy atom. The van der Waals surface area contributed by atoms with Crippen molar-refractivity contribution in [2.24, 2.45) is 5.92 Å². The van der Waals surface area contributed by atoms with Crippen LogP contribution in [0.2, 0.25) is 5.02 Å². The van der Waals surface area contributed by atoms with Crippen molar-refractivity contribution >= 4 is 45.0 Å². The second-order valence-corrected chi connectivity index (χ2v) is 7.79. The number of halogens is 2. The zero-order valence-corrected chi connectivity index (χ0v) is 17.0. The molecule has 0 spiro atoms. The van der Waals surface area contributed by atoms with Gasteiger partial charge in [-0.25, -0.2) is 0 Å². The molecule has 26 heavy (non-hydrogen) atoms. The Bertz CT molecular complexity index is 841. The zero-order valence-electron chi connectivity index (χ0n) is 14.6. The van der Waals surface area contributed by atoms with Crippen LogP contribution in [0.4, 0.5) is 5.69 Å². The molecule has 1 fully saturated rings. The van der Waals surface area contributed by atoms with Crippen molar-refractivity contribution < 1.29 is 9.59 Å². The van der Waals surface area contributed by atoms with Gasteiger partial charge in [-0.2, -0.15) is 0 Å². The first-order chi connectivity index (χ1) is 12.4. The Labute approximate surface area is 166 Å². The van der Waals surface area contributed by atoms with E-state index in [1.165, 1.54) is 0 Å². The number of hydrogen-bond acceptors (Lipinski definition) is 2. The number of hydrogen-bond donors (Lipinski definition) is 1. The van der Waals surface area contributed by atoms with Crippen molar-refractivity contribution in [1.29, 1.82) is 0 Å². The van der Waals surface area contributed by atoms with Crippen molar-refractivity contribution in [3.05, 3.63) is 63.1 Å². The van der Waals surface area contributed by atoms with Crippen LogP contribution in [0.15, 0.2) is 46.9 Å². The smallest absolute Gasteiger partial charge is 0.229 e. The van der Waals surface area contributed by atoms with E-state index in [0.29, 0.717) is 17.3 Å². The minimum atomic E-state index is -0.365. The molecule has 2 amide bonds. The molecule has 1 aliphatic heterocycles. The SMILES string of the molecule is Cc1c(NC(=O)[C@@H]2CC(=O)N([C@H](C)c3ccccc3)C2)ccc(Br)c1Cl. The molecule has 0 radical (unpaired) electrons. The molecule has 2 atom stereocenters. The summed E-state index contributed by atoms with van der Waals surface area (Å²) in [5, 5.41) is 3.49. The molecule has 6 heteroatoms. The van der Waals surface area contributed by atoms with Crippen LogP contribution in [0.3, 0.4) is 0 Å². The average Bonchev–Trinajstić information content (AvgIpc) is 3.04. The highest BCUT2D eigenvalue weighted by atomic mass is 79.9. The van der Waals surface area contributed by atoms with E-state index in [9.17, 15) is 9.59 Å². The monoisotopic (exact) mass is 434 g/mol. The maximum Gasteiger partial charge on any atom is 0.229 e. The third-order valence-electron chi connectivity index (χ3n) is 4.88. The van der Waals surface area contributed by atoms with E-state index >= 15 is 0 Å². The molecule has 0 bridgehead atoms. The fraction of sp³-hybridized carbons (Fsp3) is 0.300. The number of nitrogens with one attached hydrogen (secondary N) is 1. The fourth-order valence-corrected chi connectivity index (χ4v) is 3.81. The lowest BCUT2D eigenvalue weighted by atomic mass is 10.1. The summed E-state index contributed by atoms with van der Waals surface area (Å²) in [5.74, 6) is -0.509. The summed E-state index contributed by atoms with van der Waals surface area (Å²) in [6.45, 7) is 4.27. The number of carbonyl (C=O) groups is 2. The maximum absolute atomic E-state index is 12.7. The molecule has 136 valence electrons. The number of benzene rings is 2. The Morgan fingerprint density at radius 3 is 2.65 bits per heavy atom. The van der Waals surface area contributed by atoms with E-state index < -0.39 is 0 Å². The molecule has 1 heterocycles. The van der Waals surface area contributed by atoms with E-state index in [1.807, 2.05) is 50.2 Å². The summed E-state index contributed by atoms with van der Waals surface area (Å²) >= 11 is 9.59. The molecule has 1 aliphatic rings. The second kappa shape index (κ2) is 7.80. The van der Waals surface area contributed by atoms with Crippen molar-refractivity contribution in [2.45, 2.75) is 26.3 Å². The first-order valence-electron chi connectivity index (χ1n) is 8.48. The Morgan fingerprint density at radius 1 is 1.27 bits per heavy atom. The fourth-order valence-electron chi connectivity index (χ4n) is 3.22. The van der Waals surface area contributed by atoms with Gasteiger partial charge in [-0.05, 0) is 53.0 Å². The highest BCUT2D eigenvalue weighted by Gasteiger charge is 2.37. The normalized spacial score (nSPS) is 18.1. The van der Waals surface area contributed by atoms with E-state index in [0.717, 1.165) is 15.6 Å². The summed E-state index contributed by atoms with van der Waals surface area (Å²) in [7, 11) is 0. The van der Waals surface area contributed by atoms with Crippen molar-refractivity contribution in [2.75, 3.05) is 11.9 Å². The minimum Gasteiger partial charge on any atom is -0.335 e. The van der Waals surface area contributed by atoms with Gasteiger partial charge in [0, 0.05) is 23.1 Å². The molecule has 0 aromatic heterocycles. The Kier molecular flexibility index (Phi) is 5.68. The molecule has 4 nitrogen and oxygen atoms in total. The van der Waals surface area contributed by atoms with Gasteiger partial charge in [0.2, 0.25) is 11.8 Å². The predicted molar refractivity (Wildman–Crippen MR) is 107 cm³/mol. The number of rotatable bonds is 4. The highest BCUT2D eigenvalue weighted by Crippen LogP contribution is 2.33. The van der Waals surface area contributed by atoms with Crippen LogP contribution < -0.4 is 5.32 Å². The standard InChI is InChI=1S/C20H20BrClN2O2/c1-12-17(9-8-16(21)19(12)22)23-20(26)15-10-18(25)24(11-15)13(2)14-6-4-3-5-7-14/h3-9,13,15H,10-11H2,1-2H3,(H,23,26)/t13-,15-/m1/s1. The highest BCUT2D eigenvalue weighted by molar-refractivity contribution is 9.10. The molecule has 1 N–H and O–H groups in total. The van der Waals surface area contributed by atoms with Crippen LogP contribution in [0, 0.1) is 12.8 Å². The number of amides is 2. The van der Waals surface area contributed by atoms with Gasteiger partial charge in [0.25, 0.3) is 0 Å². The van der Waals surface area contributed by atoms with Gasteiger partial charge < -0.3 is 10.2 Å². The van der Waals surface area contributed by atoms with E-state index in [-0.39, 0.29) is 30.2 Å². The van der Waals surface area contributed by atoms with Gasteiger partial charge in [0.15, 0.2) is 0 Å². The lowest BCUT2D eigenvalue weighted by Crippen LogP contribution is -2.30. The summed E-state index contributed by atoms with van der Waals surface area (Å²) in [5.41, 5.74) is 2.54. The van der Waals surface area contributed by atoms with E-state index in [4.69, 9.17) is 11.6 Å². The van der Waals surface area contributed by atoms with Gasteiger partial charge in [0.1, 0.15) is 0 Å². The van der Waals surface area contributed by atoms with Gasteiger partial charge in [-0.15, -0.1) is 0 Å². The van der Waals surface area contributed by atoms with Crippen molar-refractivity contribution in [3.63, 3.8) is 0 Å². The van der Waals surface area contributed by atoms with Crippen LogP contribution in [-0.2, 0) is 9.59 Å². The van der Waals surface area contributed by atoms with Gasteiger partial charge >= 0.3 is 0 Å². The quantitative estimate of drug-likeness (QED) is 0.738. The third kappa shape index (κ3) is 3.79. The lowest BCUT2D eigenvalue weighted by molar-refractivity contribution is -0.129. The molecular formula is C20H20BrClN2O2. The van der Waals surface area contributed by atoms with Gasteiger partial charge in [-0.1, -0.05) is 41.9 Å². The predicted octanol–water partition coefficient (Wildman–Crippen LogP) is 4.96. The third-order valence-corrected chi connectivity index (χ3v) is 6.25. The second-order valence-electron chi connectivity index (χ2n) is 6.56. The average molecular weight is 436 g/mol. The number of anilines is 1. The molecular weight excluding hydrogens is 416 g/mol. The first-order valence-corrected chi connectivity index (χ1v) is 9.65.